The predicted octanol–water partition coefficient (Wildman–Crippen LogP) is -1.32. The second-order valence-corrected chi connectivity index (χ2v) is 6.25. The summed E-state index contributed by atoms with van der Waals surface area (Å²) in [6.07, 6.45) is 0.162. The number of aliphatic carboxylic acids is 1. The molecule has 3 unspecified atom stereocenters. The second-order valence-electron chi connectivity index (χ2n) is 5.88. The van der Waals surface area contributed by atoms with Crippen LogP contribution in [0.4, 0.5) is 0 Å². The van der Waals surface area contributed by atoms with Crippen molar-refractivity contribution in [3.05, 3.63) is 35.9 Å². The van der Waals surface area contributed by atoms with Crippen LogP contribution in [0, 0.1) is 0 Å². The standard InChI is InChI=1S/C17H24N4O5S/c1-10(20-16(25)12(18)9-27)15(24)21-13(17(26)19-8-14(22)23)7-11-5-3-2-4-6-11/h2-6,10,12-13,27H,7-9,18H2,1H3,(H,19,26)(H,20,25)(H,21,24)(H,22,23). The summed E-state index contributed by atoms with van der Waals surface area (Å²) >= 11 is 3.92. The maximum absolute atomic E-state index is 12.4. The van der Waals surface area contributed by atoms with E-state index in [1.54, 1.807) is 24.3 Å². The van der Waals surface area contributed by atoms with Gasteiger partial charge in [0, 0.05) is 12.2 Å². The molecular formula is C17H24N4O5S. The van der Waals surface area contributed by atoms with Crippen LogP contribution in [0.25, 0.3) is 0 Å². The molecule has 1 rings (SSSR count). The Morgan fingerprint density at radius 3 is 2.26 bits per heavy atom. The molecule has 6 N–H and O–H groups in total. The molecule has 9 nitrogen and oxygen atoms in total. The highest BCUT2D eigenvalue weighted by Crippen LogP contribution is 2.04. The Hall–Kier alpha value is -2.59. The smallest absolute Gasteiger partial charge is 0.322 e. The molecule has 3 atom stereocenters. The molecular weight excluding hydrogens is 372 g/mol. The zero-order valence-electron chi connectivity index (χ0n) is 14.8. The normalized spacial score (nSPS) is 13.7. The highest BCUT2D eigenvalue weighted by atomic mass is 32.1. The lowest BCUT2D eigenvalue weighted by atomic mass is 10.0. The van der Waals surface area contributed by atoms with Crippen molar-refractivity contribution >= 4 is 36.3 Å². The highest BCUT2D eigenvalue weighted by molar-refractivity contribution is 7.80. The predicted molar refractivity (Wildman–Crippen MR) is 102 cm³/mol. The SMILES string of the molecule is CC(NC(=O)C(N)CS)C(=O)NC(Cc1ccccc1)C(=O)NCC(=O)O. The molecule has 1 aromatic rings. The first-order valence-corrected chi connectivity index (χ1v) is 8.88. The molecule has 0 radical (unpaired) electrons. The Kier molecular flexibility index (Phi) is 9.31. The summed E-state index contributed by atoms with van der Waals surface area (Å²) < 4.78 is 0. The number of thiol groups is 1. The first-order valence-electron chi connectivity index (χ1n) is 8.25. The summed E-state index contributed by atoms with van der Waals surface area (Å²) in [5.74, 6) is -2.85. The van der Waals surface area contributed by atoms with Gasteiger partial charge in [-0.2, -0.15) is 12.6 Å². The van der Waals surface area contributed by atoms with Crippen molar-refractivity contribution < 1.29 is 24.3 Å². The van der Waals surface area contributed by atoms with Crippen LogP contribution in [0.1, 0.15) is 12.5 Å². The van der Waals surface area contributed by atoms with E-state index in [1.807, 2.05) is 6.07 Å². The molecule has 0 saturated heterocycles. The van der Waals surface area contributed by atoms with Gasteiger partial charge in [-0.15, -0.1) is 0 Å². The average molecular weight is 396 g/mol. The third-order valence-electron chi connectivity index (χ3n) is 3.61. The van der Waals surface area contributed by atoms with Gasteiger partial charge in [0.1, 0.15) is 18.6 Å². The quantitative estimate of drug-likeness (QED) is 0.270. The van der Waals surface area contributed by atoms with E-state index in [0.29, 0.717) is 0 Å². The summed E-state index contributed by atoms with van der Waals surface area (Å²) in [4.78, 5) is 47.1. The topological polar surface area (TPSA) is 151 Å². The van der Waals surface area contributed by atoms with E-state index >= 15 is 0 Å². The number of hydrogen-bond donors (Lipinski definition) is 6. The summed E-state index contributed by atoms with van der Waals surface area (Å²) in [7, 11) is 0. The number of carbonyl (C=O) groups is 4. The molecule has 0 aliphatic carbocycles. The number of hydrogen-bond acceptors (Lipinski definition) is 6. The second kappa shape index (κ2) is 11.2. The Morgan fingerprint density at radius 2 is 1.70 bits per heavy atom. The van der Waals surface area contributed by atoms with Crippen molar-refractivity contribution in [3.63, 3.8) is 0 Å². The summed E-state index contributed by atoms with van der Waals surface area (Å²) in [5, 5.41) is 15.9. The fourth-order valence-electron chi connectivity index (χ4n) is 2.11. The van der Waals surface area contributed by atoms with Crippen LogP contribution in [0.15, 0.2) is 30.3 Å². The van der Waals surface area contributed by atoms with Gasteiger partial charge in [-0.1, -0.05) is 30.3 Å². The molecule has 0 spiro atoms. The first kappa shape index (κ1) is 22.5. The Bertz CT molecular complexity index is 671. The number of rotatable bonds is 10. The van der Waals surface area contributed by atoms with E-state index < -0.39 is 48.4 Å². The van der Waals surface area contributed by atoms with Crippen LogP contribution in [-0.4, -0.2) is 59.2 Å². The molecule has 0 fully saturated rings. The minimum absolute atomic E-state index is 0.119. The molecule has 0 aliphatic rings. The van der Waals surface area contributed by atoms with E-state index in [-0.39, 0.29) is 12.2 Å². The molecule has 0 heterocycles. The summed E-state index contributed by atoms with van der Waals surface area (Å²) in [5.41, 5.74) is 6.32. The van der Waals surface area contributed by atoms with E-state index in [9.17, 15) is 19.2 Å². The molecule has 0 bridgehead atoms. The summed E-state index contributed by atoms with van der Waals surface area (Å²) in [6.45, 7) is 0.885. The molecule has 1 aromatic carbocycles. The van der Waals surface area contributed by atoms with E-state index in [2.05, 4.69) is 28.6 Å². The molecule has 0 aromatic heterocycles. The maximum Gasteiger partial charge on any atom is 0.322 e. The largest absolute Gasteiger partial charge is 0.480 e. The lowest BCUT2D eigenvalue weighted by Crippen LogP contribution is -2.55. The third-order valence-corrected chi connectivity index (χ3v) is 4.01. The lowest BCUT2D eigenvalue weighted by Gasteiger charge is -2.22. The van der Waals surface area contributed by atoms with Gasteiger partial charge in [0.05, 0.1) is 6.04 Å². The maximum atomic E-state index is 12.4. The van der Waals surface area contributed by atoms with Crippen LogP contribution >= 0.6 is 12.6 Å². The van der Waals surface area contributed by atoms with E-state index in [0.717, 1.165) is 5.56 Å². The Morgan fingerprint density at radius 1 is 1.07 bits per heavy atom. The van der Waals surface area contributed by atoms with Crippen LogP contribution in [0.3, 0.4) is 0 Å². The Labute approximate surface area is 162 Å². The van der Waals surface area contributed by atoms with Gasteiger partial charge in [0.15, 0.2) is 0 Å². The van der Waals surface area contributed by atoms with Crippen molar-refractivity contribution in [2.24, 2.45) is 5.73 Å². The lowest BCUT2D eigenvalue weighted by molar-refractivity contribution is -0.138. The molecule has 148 valence electrons. The number of benzene rings is 1. The number of carboxylic acids is 1. The van der Waals surface area contributed by atoms with Gasteiger partial charge < -0.3 is 26.8 Å². The highest BCUT2D eigenvalue weighted by Gasteiger charge is 2.25. The number of amides is 3. The van der Waals surface area contributed by atoms with E-state index in [1.165, 1.54) is 6.92 Å². The number of nitrogens with two attached hydrogens (primary N) is 1. The van der Waals surface area contributed by atoms with Gasteiger partial charge >= 0.3 is 5.97 Å². The molecule has 0 saturated carbocycles. The summed E-state index contributed by atoms with van der Waals surface area (Å²) in [6, 6.07) is 6.13. The molecule has 10 heteroatoms. The van der Waals surface area contributed by atoms with Gasteiger partial charge in [-0.3, -0.25) is 19.2 Å². The van der Waals surface area contributed by atoms with Crippen molar-refractivity contribution in [1.29, 1.82) is 0 Å². The van der Waals surface area contributed by atoms with Gasteiger partial charge in [0.2, 0.25) is 17.7 Å². The fourth-order valence-corrected chi connectivity index (χ4v) is 2.28. The molecule has 3 amide bonds. The van der Waals surface area contributed by atoms with Gasteiger partial charge in [0.25, 0.3) is 0 Å². The van der Waals surface area contributed by atoms with Crippen molar-refractivity contribution in [1.82, 2.24) is 16.0 Å². The average Bonchev–Trinajstić information content (AvgIpc) is 2.65. The first-order chi connectivity index (χ1) is 12.7. The van der Waals surface area contributed by atoms with Gasteiger partial charge in [-0.05, 0) is 12.5 Å². The van der Waals surface area contributed by atoms with Crippen LogP contribution in [0.5, 0.6) is 0 Å². The third kappa shape index (κ3) is 8.09. The minimum atomic E-state index is -1.20. The number of nitrogens with one attached hydrogen (secondary N) is 3. The van der Waals surface area contributed by atoms with E-state index in [4.69, 9.17) is 10.8 Å². The monoisotopic (exact) mass is 396 g/mol. The van der Waals surface area contributed by atoms with Crippen LogP contribution in [-0.2, 0) is 25.6 Å². The number of carbonyl (C=O) groups excluding carboxylic acids is 3. The Balaban J connectivity index is 2.79. The molecule has 27 heavy (non-hydrogen) atoms. The fraction of sp³-hybridized carbons (Fsp3) is 0.412. The van der Waals surface area contributed by atoms with Crippen LogP contribution in [0.2, 0.25) is 0 Å². The van der Waals surface area contributed by atoms with Crippen molar-refractivity contribution in [2.75, 3.05) is 12.3 Å². The van der Waals surface area contributed by atoms with Gasteiger partial charge in [-0.25, -0.2) is 0 Å². The minimum Gasteiger partial charge on any atom is -0.480 e. The zero-order chi connectivity index (χ0) is 20.4. The van der Waals surface area contributed by atoms with Crippen molar-refractivity contribution in [2.45, 2.75) is 31.5 Å². The number of carboxylic acid groups (broad SMARTS) is 1. The van der Waals surface area contributed by atoms with Crippen LogP contribution < -0.4 is 21.7 Å². The zero-order valence-corrected chi connectivity index (χ0v) is 15.7. The van der Waals surface area contributed by atoms with Crippen molar-refractivity contribution in [3.8, 4) is 0 Å². The molecule has 0 aliphatic heterocycles.